The summed E-state index contributed by atoms with van der Waals surface area (Å²) >= 11 is 0. The first kappa shape index (κ1) is 17.5. The van der Waals surface area contributed by atoms with Crippen LogP contribution in [0.1, 0.15) is 90.9 Å². The van der Waals surface area contributed by atoms with Gasteiger partial charge in [0.1, 0.15) is 0 Å². The van der Waals surface area contributed by atoms with E-state index in [9.17, 15) is 0 Å². The molecule has 0 N–H and O–H groups in total. The van der Waals surface area contributed by atoms with Gasteiger partial charge in [0.15, 0.2) is 0 Å². The fourth-order valence-corrected chi connectivity index (χ4v) is 2.03. The van der Waals surface area contributed by atoms with E-state index in [1.807, 2.05) is 0 Å². The Morgan fingerprint density at radius 1 is 0.444 bits per heavy atom. The van der Waals surface area contributed by atoms with Gasteiger partial charge in [0.05, 0.1) is 0 Å². The van der Waals surface area contributed by atoms with Crippen LogP contribution in [0.4, 0.5) is 0 Å². The highest BCUT2D eigenvalue weighted by Gasteiger charge is 1.88. The third-order valence-corrected chi connectivity index (χ3v) is 3.25. The Morgan fingerprint density at radius 2 is 0.889 bits per heavy atom. The van der Waals surface area contributed by atoms with E-state index < -0.39 is 0 Å². The predicted molar refractivity (Wildman–Crippen MR) is 85.0 cm³/mol. The molecule has 0 heteroatoms. The Hall–Kier alpha value is -0.520. The second-order valence-electron chi connectivity index (χ2n) is 5.22. The lowest BCUT2D eigenvalue weighted by Gasteiger charge is -1.97. The van der Waals surface area contributed by atoms with Crippen LogP contribution in [0.2, 0.25) is 0 Å². The largest absolute Gasteiger partial charge is 0.0885 e. The maximum absolute atomic E-state index is 2.39. The molecule has 18 heavy (non-hydrogen) atoms. The van der Waals surface area contributed by atoms with Crippen LogP contribution in [0.3, 0.4) is 0 Å². The van der Waals surface area contributed by atoms with E-state index in [1.165, 1.54) is 77.0 Å². The normalized spacial score (nSPS) is 11.9. The fourth-order valence-electron chi connectivity index (χ4n) is 2.03. The van der Waals surface area contributed by atoms with E-state index in [4.69, 9.17) is 0 Å². The van der Waals surface area contributed by atoms with Gasteiger partial charge in [-0.3, -0.25) is 0 Å². The zero-order valence-electron chi connectivity index (χ0n) is 12.8. The maximum Gasteiger partial charge on any atom is -0.0351 e. The Labute approximate surface area is 116 Å². The zero-order chi connectivity index (χ0) is 13.3. The first-order valence-corrected chi connectivity index (χ1v) is 8.21. The molecule has 0 rings (SSSR count). The SMILES string of the molecule is CCCC=CCCCCCCC=CCCCCC. The standard InChI is InChI=1S/C18H34/c1-3-5-7-9-11-13-15-17-18-16-14-12-10-8-6-4-2/h7,9,12,14H,3-6,8,10-11,13,15-18H2,1-2H3. The van der Waals surface area contributed by atoms with Gasteiger partial charge in [0, 0.05) is 0 Å². The van der Waals surface area contributed by atoms with E-state index in [1.54, 1.807) is 0 Å². The Balaban J connectivity index is 3.06. The van der Waals surface area contributed by atoms with Crippen LogP contribution in [0.15, 0.2) is 24.3 Å². The van der Waals surface area contributed by atoms with E-state index in [0.717, 1.165) is 0 Å². The van der Waals surface area contributed by atoms with Crippen LogP contribution in [-0.4, -0.2) is 0 Å². The molecule has 0 saturated heterocycles. The summed E-state index contributed by atoms with van der Waals surface area (Å²) in [6, 6.07) is 0. The van der Waals surface area contributed by atoms with Gasteiger partial charge in [0.25, 0.3) is 0 Å². The molecule has 106 valence electrons. The average Bonchev–Trinajstić information content (AvgIpc) is 2.39. The number of hydrogen-bond acceptors (Lipinski definition) is 0. The zero-order valence-corrected chi connectivity index (χ0v) is 12.8. The van der Waals surface area contributed by atoms with Gasteiger partial charge in [-0.2, -0.15) is 0 Å². The van der Waals surface area contributed by atoms with Gasteiger partial charge >= 0.3 is 0 Å². The highest BCUT2D eigenvalue weighted by Crippen LogP contribution is 2.07. The third kappa shape index (κ3) is 15.5. The van der Waals surface area contributed by atoms with E-state index in [0.29, 0.717) is 0 Å². The first-order valence-electron chi connectivity index (χ1n) is 8.21. The maximum atomic E-state index is 2.39. The molecular weight excluding hydrogens is 216 g/mol. The Kier molecular flexibility index (Phi) is 16.0. The van der Waals surface area contributed by atoms with Gasteiger partial charge in [-0.15, -0.1) is 0 Å². The molecule has 0 heterocycles. The fraction of sp³-hybridized carbons (Fsp3) is 0.778. The molecule has 0 aliphatic heterocycles. The minimum absolute atomic E-state index is 1.25. The lowest BCUT2D eigenvalue weighted by molar-refractivity contribution is 0.650. The number of rotatable bonds is 13. The first-order chi connectivity index (χ1) is 8.91. The summed E-state index contributed by atoms with van der Waals surface area (Å²) in [5.41, 5.74) is 0. The average molecular weight is 250 g/mol. The molecule has 0 aromatic rings. The van der Waals surface area contributed by atoms with Crippen molar-refractivity contribution in [3.8, 4) is 0 Å². The lowest BCUT2D eigenvalue weighted by atomic mass is 10.1. The molecule has 0 aliphatic carbocycles. The molecule has 0 unspecified atom stereocenters. The van der Waals surface area contributed by atoms with E-state index in [2.05, 4.69) is 38.2 Å². The predicted octanol–water partition coefficient (Wildman–Crippen LogP) is 6.82. The second-order valence-corrected chi connectivity index (χ2v) is 5.22. The molecule has 0 radical (unpaired) electrons. The molecular formula is C18H34. The summed E-state index contributed by atoms with van der Waals surface area (Å²) < 4.78 is 0. The van der Waals surface area contributed by atoms with E-state index >= 15 is 0 Å². The minimum Gasteiger partial charge on any atom is -0.0885 e. The molecule has 0 bridgehead atoms. The molecule has 0 atom stereocenters. The van der Waals surface area contributed by atoms with Gasteiger partial charge in [-0.1, -0.05) is 70.3 Å². The van der Waals surface area contributed by atoms with Crippen LogP contribution < -0.4 is 0 Å². The molecule has 0 amide bonds. The molecule has 0 nitrogen and oxygen atoms in total. The topological polar surface area (TPSA) is 0 Å². The Bertz CT molecular complexity index is 188. The van der Waals surface area contributed by atoms with Crippen molar-refractivity contribution in [1.82, 2.24) is 0 Å². The summed E-state index contributed by atoms with van der Waals surface area (Å²) in [6.07, 6.45) is 25.5. The van der Waals surface area contributed by atoms with Gasteiger partial charge in [-0.05, 0) is 44.9 Å². The van der Waals surface area contributed by atoms with Crippen molar-refractivity contribution >= 4 is 0 Å². The third-order valence-electron chi connectivity index (χ3n) is 3.25. The molecule has 0 saturated carbocycles. The van der Waals surface area contributed by atoms with Crippen molar-refractivity contribution in [2.45, 2.75) is 90.9 Å². The monoisotopic (exact) mass is 250 g/mol. The van der Waals surface area contributed by atoms with Crippen molar-refractivity contribution in [2.24, 2.45) is 0 Å². The van der Waals surface area contributed by atoms with Crippen molar-refractivity contribution in [2.75, 3.05) is 0 Å². The molecule has 0 fully saturated rings. The van der Waals surface area contributed by atoms with Crippen LogP contribution in [-0.2, 0) is 0 Å². The van der Waals surface area contributed by atoms with Gasteiger partial charge in [-0.25, -0.2) is 0 Å². The molecule has 0 aromatic carbocycles. The van der Waals surface area contributed by atoms with Crippen LogP contribution in [0.5, 0.6) is 0 Å². The highest BCUT2D eigenvalue weighted by atomic mass is 13.9. The second kappa shape index (κ2) is 16.5. The molecule has 0 aromatic heterocycles. The summed E-state index contributed by atoms with van der Waals surface area (Å²) in [6.45, 7) is 4.50. The number of unbranched alkanes of at least 4 members (excludes halogenated alkanes) is 9. The minimum atomic E-state index is 1.25. The summed E-state index contributed by atoms with van der Waals surface area (Å²) in [5, 5.41) is 0. The summed E-state index contributed by atoms with van der Waals surface area (Å²) in [5.74, 6) is 0. The lowest BCUT2D eigenvalue weighted by Crippen LogP contribution is -1.77. The number of hydrogen-bond donors (Lipinski definition) is 0. The van der Waals surface area contributed by atoms with Crippen molar-refractivity contribution in [3.63, 3.8) is 0 Å². The van der Waals surface area contributed by atoms with E-state index in [-0.39, 0.29) is 0 Å². The van der Waals surface area contributed by atoms with Crippen LogP contribution >= 0.6 is 0 Å². The summed E-state index contributed by atoms with van der Waals surface area (Å²) in [7, 11) is 0. The molecule has 0 spiro atoms. The highest BCUT2D eigenvalue weighted by molar-refractivity contribution is 4.82. The Morgan fingerprint density at radius 3 is 1.33 bits per heavy atom. The smallest absolute Gasteiger partial charge is 0.0351 e. The number of allylic oxidation sites excluding steroid dienone is 4. The van der Waals surface area contributed by atoms with Crippen molar-refractivity contribution in [3.05, 3.63) is 24.3 Å². The quantitative estimate of drug-likeness (QED) is 0.248. The van der Waals surface area contributed by atoms with Crippen LogP contribution in [0, 0.1) is 0 Å². The van der Waals surface area contributed by atoms with Gasteiger partial charge < -0.3 is 0 Å². The summed E-state index contributed by atoms with van der Waals surface area (Å²) in [4.78, 5) is 0. The van der Waals surface area contributed by atoms with Crippen molar-refractivity contribution in [1.29, 1.82) is 0 Å². The van der Waals surface area contributed by atoms with Crippen LogP contribution in [0.25, 0.3) is 0 Å². The van der Waals surface area contributed by atoms with Gasteiger partial charge in [0.2, 0.25) is 0 Å². The van der Waals surface area contributed by atoms with Crippen molar-refractivity contribution < 1.29 is 0 Å². The molecule has 0 aliphatic rings.